The molecule has 0 saturated carbocycles. The van der Waals surface area contributed by atoms with Gasteiger partial charge in [-0.3, -0.25) is 24.0 Å². The third-order valence-corrected chi connectivity index (χ3v) is 4.30. The Bertz CT molecular complexity index is 702. The van der Waals surface area contributed by atoms with Gasteiger partial charge in [-0.1, -0.05) is 13.8 Å². The molecule has 0 aliphatic rings. The lowest BCUT2D eigenvalue weighted by Gasteiger charge is -2.24. The lowest BCUT2D eigenvalue weighted by molar-refractivity contribution is -0.142. The standard InChI is InChI=1S/C17H30N6O7S/c1-7(2)3-10(17(29)30)22-16(28)11(6-31)23-15(27)9(5-13(20)25)21-14(26)8(18)4-12(19)24/h7-11,31H,3-6,18H2,1-2H3,(H2,19,24)(H2,20,25)(H,21,26)(H,22,28)(H,23,27)(H,29,30). The van der Waals surface area contributed by atoms with Crippen LogP contribution in [0.2, 0.25) is 0 Å². The number of nitrogens with two attached hydrogens (primary N) is 3. The van der Waals surface area contributed by atoms with Crippen LogP contribution < -0.4 is 33.2 Å². The Morgan fingerprint density at radius 2 is 1.26 bits per heavy atom. The van der Waals surface area contributed by atoms with Crippen molar-refractivity contribution >= 4 is 48.1 Å². The second-order valence-electron chi connectivity index (χ2n) is 7.28. The Morgan fingerprint density at radius 1 is 0.806 bits per heavy atom. The minimum Gasteiger partial charge on any atom is -0.480 e. The molecule has 0 bridgehead atoms. The molecule has 5 amide bonds. The van der Waals surface area contributed by atoms with E-state index in [2.05, 4.69) is 28.6 Å². The molecule has 0 heterocycles. The molecule has 0 spiro atoms. The Kier molecular flexibility index (Phi) is 12.2. The van der Waals surface area contributed by atoms with Crippen molar-refractivity contribution in [1.29, 1.82) is 0 Å². The SMILES string of the molecule is CC(C)CC(NC(=O)C(CS)NC(=O)C(CC(N)=O)NC(=O)C(N)CC(N)=O)C(=O)O. The highest BCUT2D eigenvalue weighted by Crippen LogP contribution is 2.06. The Hall–Kier alpha value is -2.87. The number of hydrogen-bond acceptors (Lipinski definition) is 8. The van der Waals surface area contributed by atoms with Crippen LogP contribution in [0.3, 0.4) is 0 Å². The number of carbonyl (C=O) groups excluding carboxylic acids is 5. The number of hydrogen-bond donors (Lipinski definition) is 8. The van der Waals surface area contributed by atoms with Crippen LogP contribution in [0.5, 0.6) is 0 Å². The van der Waals surface area contributed by atoms with E-state index < -0.39 is 72.5 Å². The molecule has 0 aromatic heterocycles. The summed E-state index contributed by atoms with van der Waals surface area (Å²) in [6.07, 6.45) is -0.954. The van der Waals surface area contributed by atoms with Crippen LogP contribution in [0.4, 0.5) is 0 Å². The normalized spacial score (nSPS) is 14.6. The van der Waals surface area contributed by atoms with E-state index in [0.717, 1.165) is 0 Å². The number of aliphatic carboxylic acids is 1. The first-order chi connectivity index (χ1) is 14.3. The van der Waals surface area contributed by atoms with Crippen LogP contribution in [-0.4, -0.2) is 70.5 Å². The van der Waals surface area contributed by atoms with Gasteiger partial charge in [0.25, 0.3) is 0 Å². The van der Waals surface area contributed by atoms with Crippen molar-refractivity contribution in [3.05, 3.63) is 0 Å². The van der Waals surface area contributed by atoms with Gasteiger partial charge in [0, 0.05) is 5.75 Å². The molecule has 10 N–H and O–H groups in total. The van der Waals surface area contributed by atoms with Crippen LogP contribution in [-0.2, 0) is 28.8 Å². The Balaban J connectivity index is 5.27. The number of carbonyl (C=O) groups is 6. The average Bonchev–Trinajstić information content (AvgIpc) is 2.63. The third-order valence-electron chi connectivity index (χ3n) is 3.93. The highest BCUT2D eigenvalue weighted by atomic mass is 32.1. The Labute approximate surface area is 184 Å². The maximum absolute atomic E-state index is 12.5. The molecule has 0 fully saturated rings. The first-order valence-electron chi connectivity index (χ1n) is 9.35. The summed E-state index contributed by atoms with van der Waals surface area (Å²) in [5.41, 5.74) is 15.6. The number of carboxylic acid groups (broad SMARTS) is 1. The van der Waals surface area contributed by atoms with Crippen molar-refractivity contribution in [2.24, 2.45) is 23.1 Å². The Morgan fingerprint density at radius 3 is 1.68 bits per heavy atom. The van der Waals surface area contributed by atoms with Crippen LogP contribution in [0.1, 0.15) is 33.1 Å². The monoisotopic (exact) mass is 462 g/mol. The first kappa shape index (κ1) is 28.1. The van der Waals surface area contributed by atoms with Crippen molar-refractivity contribution in [1.82, 2.24) is 16.0 Å². The molecule has 0 rings (SSSR count). The van der Waals surface area contributed by atoms with Crippen LogP contribution >= 0.6 is 12.6 Å². The van der Waals surface area contributed by atoms with Gasteiger partial charge < -0.3 is 38.3 Å². The summed E-state index contributed by atoms with van der Waals surface area (Å²) in [6.45, 7) is 3.56. The summed E-state index contributed by atoms with van der Waals surface area (Å²) in [7, 11) is 0. The molecule has 31 heavy (non-hydrogen) atoms. The van der Waals surface area contributed by atoms with Gasteiger partial charge in [-0.05, 0) is 12.3 Å². The van der Waals surface area contributed by atoms with Gasteiger partial charge in [-0.15, -0.1) is 0 Å². The molecule has 0 aromatic carbocycles. The molecule has 0 aliphatic heterocycles. The van der Waals surface area contributed by atoms with Gasteiger partial charge >= 0.3 is 5.97 Å². The molecule has 13 nitrogen and oxygen atoms in total. The zero-order chi connectivity index (χ0) is 24.3. The van der Waals surface area contributed by atoms with E-state index in [9.17, 15) is 33.9 Å². The zero-order valence-electron chi connectivity index (χ0n) is 17.3. The van der Waals surface area contributed by atoms with Gasteiger partial charge in [0.05, 0.1) is 18.9 Å². The second-order valence-corrected chi connectivity index (χ2v) is 7.65. The number of thiol groups is 1. The highest BCUT2D eigenvalue weighted by molar-refractivity contribution is 7.80. The van der Waals surface area contributed by atoms with Crippen molar-refractivity contribution in [2.75, 3.05) is 5.75 Å². The molecule has 0 saturated heterocycles. The molecule has 4 atom stereocenters. The summed E-state index contributed by atoms with van der Waals surface area (Å²) in [5, 5.41) is 16.0. The molecular weight excluding hydrogens is 432 g/mol. The molecule has 0 radical (unpaired) electrons. The largest absolute Gasteiger partial charge is 0.480 e. The van der Waals surface area contributed by atoms with Crippen molar-refractivity contribution in [3.8, 4) is 0 Å². The van der Waals surface area contributed by atoms with Gasteiger partial charge in [0.2, 0.25) is 29.5 Å². The number of nitrogens with one attached hydrogen (secondary N) is 3. The lowest BCUT2D eigenvalue weighted by atomic mass is 10.0. The fourth-order valence-electron chi connectivity index (χ4n) is 2.43. The van der Waals surface area contributed by atoms with E-state index in [1.54, 1.807) is 13.8 Å². The van der Waals surface area contributed by atoms with Gasteiger partial charge in [-0.25, -0.2) is 4.79 Å². The van der Waals surface area contributed by atoms with E-state index >= 15 is 0 Å². The predicted molar refractivity (Wildman–Crippen MR) is 112 cm³/mol. The third kappa shape index (κ3) is 11.2. The topological polar surface area (TPSA) is 237 Å². The average molecular weight is 463 g/mol. The molecule has 0 aliphatic carbocycles. The minimum atomic E-state index is -1.50. The highest BCUT2D eigenvalue weighted by Gasteiger charge is 2.31. The van der Waals surface area contributed by atoms with Crippen LogP contribution in [0, 0.1) is 5.92 Å². The van der Waals surface area contributed by atoms with Gasteiger partial charge in [0.15, 0.2) is 0 Å². The smallest absolute Gasteiger partial charge is 0.326 e. The molecule has 4 unspecified atom stereocenters. The zero-order valence-corrected chi connectivity index (χ0v) is 18.2. The second kappa shape index (κ2) is 13.4. The molecule has 176 valence electrons. The van der Waals surface area contributed by atoms with E-state index in [0.29, 0.717) is 0 Å². The predicted octanol–water partition coefficient (Wildman–Crippen LogP) is -3.42. The quantitative estimate of drug-likeness (QED) is 0.121. The molecule has 14 heteroatoms. The molecular formula is C17H30N6O7S. The summed E-state index contributed by atoms with van der Waals surface area (Å²) < 4.78 is 0. The van der Waals surface area contributed by atoms with Gasteiger partial charge in [0.1, 0.15) is 18.1 Å². The summed E-state index contributed by atoms with van der Waals surface area (Å²) >= 11 is 3.98. The maximum Gasteiger partial charge on any atom is 0.326 e. The fraction of sp³-hybridized carbons (Fsp3) is 0.647. The van der Waals surface area contributed by atoms with Gasteiger partial charge in [-0.2, -0.15) is 12.6 Å². The maximum atomic E-state index is 12.5. The van der Waals surface area contributed by atoms with Crippen molar-refractivity contribution < 1.29 is 33.9 Å². The number of rotatable bonds is 14. The number of primary amides is 2. The number of carboxylic acids is 1. The lowest BCUT2D eigenvalue weighted by Crippen LogP contribution is -2.58. The van der Waals surface area contributed by atoms with Crippen molar-refractivity contribution in [3.63, 3.8) is 0 Å². The van der Waals surface area contributed by atoms with E-state index in [1.807, 2.05) is 0 Å². The first-order valence-corrected chi connectivity index (χ1v) is 9.98. The number of amides is 5. The summed E-state index contributed by atoms with van der Waals surface area (Å²) in [6, 6.07) is -5.31. The minimum absolute atomic E-state index is 0.0230. The summed E-state index contributed by atoms with van der Waals surface area (Å²) in [4.78, 5) is 70.5. The van der Waals surface area contributed by atoms with Crippen molar-refractivity contribution in [2.45, 2.75) is 57.3 Å². The van der Waals surface area contributed by atoms with E-state index in [-0.39, 0.29) is 18.1 Å². The van der Waals surface area contributed by atoms with E-state index in [4.69, 9.17) is 17.2 Å². The summed E-state index contributed by atoms with van der Waals surface area (Å²) in [5.74, 6) is -5.95. The fourth-order valence-corrected chi connectivity index (χ4v) is 2.69. The van der Waals surface area contributed by atoms with Crippen LogP contribution in [0.15, 0.2) is 0 Å². The van der Waals surface area contributed by atoms with Crippen LogP contribution in [0.25, 0.3) is 0 Å². The van der Waals surface area contributed by atoms with E-state index in [1.165, 1.54) is 0 Å². The molecule has 0 aromatic rings.